The van der Waals surface area contributed by atoms with Gasteiger partial charge in [-0.3, -0.25) is 4.79 Å². The summed E-state index contributed by atoms with van der Waals surface area (Å²) >= 11 is 3.50. The number of halogens is 1. The molecule has 1 N–H and O–H groups in total. The van der Waals surface area contributed by atoms with Gasteiger partial charge in [-0.2, -0.15) is 0 Å². The molecule has 3 aromatic carbocycles. The average Bonchev–Trinajstić information content (AvgIpc) is 3.56. The van der Waals surface area contributed by atoms with Crippen LogP contribution in [0, 0.1) is 11.8 Å². The van der Waals surface area contributed by atoms with Crippen LogP contribution in [0.15, 0.2) is 53.0 Å². The third kappa shape index (κ3) is 4.14. The normalized spacial score (nSPS) is 22.9. The maximum absolute atomic E-state index is 13.3. The molecule has 4 atom stereocenters. The van der Waals surface area contributed by atoms with Crippen LogP contribution in [0.5, 0.6) is 28.7 Å². The number of methoxy groups -OCH3 is 3. The maximum atomic E-state index is 13.3. The van der Waals surface area contributed by atoms with Crippen molar-refractivity contribution in [1.82, 2.24) is 5.32 Å². The van der Waals surface area contributed by atoms with Crippen molar-refractivity contribution in [1.29, 1.82) is 0 Å². The Morgan fingerprint density at radius 1 is 0.895 bits per heavy atom. The molecule has 3 aliphatic rings. The number of carbonyl (C=O) groups excluding carboxylic acids is 1. The van der Waals surface area contributed by atoms with Gasteiger partial charge >= 0.3 is 5.97 Å². The fraction of sp³-hybridized carbons (Fsp3) is 0.345. The molecule has 6 rings (SSSR count). The number of benzene rings is 3. The van der Waals surface area contributed by atoms with Crippen molar-refractivity contribution in [3.05, 3.63) is 75.3 Å². The Kier molecular flexibility index (Phi) is 6.57. The van der Waals surface area contributed by atoms with Crippen LogP contribution >= 0.6 is 15.9 Å². The molecule has 9 heteroatoms. The van der Waals surface area contributed by atoms with Gasteiger partial charge in [0, 0.05) is 28.9 Å². The summed E-state index contributed by atoms with van der Waals surface area (Å²) in [6.45, 7) is 1.13. The fourth-order valence-corrected chi connectivity index (χ4v) is 6.20. The van der Waals surface area contributed by atoms with Gasteiger partial charge in [-0.15, -0.1) is 0 Å². The third-order valence-corrected chi connectivity index (χ3v) is 8.20. The lowest BCUT2D eigenvalue weighted by Gasteiger charge is -2.39. The Bertz CT molecular complexity index is 1350. The highest BCUT2D eigenvalue weighted by molar-refractivity contribution is 9.10. The van der Waals surface area contributed by atoms with Crippen LogP contribution in [0.4, 0.5) is 0 Å². The van der Waals surface area contributed by atoms with E-state index in [-0.39, 0.29) is 30.6 Å². The molecule has 0 bridgehead atoms. The smallest absolute Gasteiger partial charge is 0.310 e. The van der Waals surface area contributed by atoms with Crippen molar-refractivity contribution >= 4 is 21.9 Å². The number of rotatable bonds is 7. The lowest BCUT2D eigenvalue weighted by atomic mass is 9.65. The summed E-state index contributed by atoms with van der Waals surface area (Å²) in [6, 6.07) is 15.9. The quantitative estimate of drug-likeness (QED) is 0.391. The van der Waals surface area contributed by atoms with Crippen LogP contribution in [0.1, 0.15) is 34.2 Å². The van der Waals surface area contributed by atoms with Gasteiger partial charge in [-0.05, 0) is 58.7 Å². The van der Waals surface area contributed by atoms with E-state index in [1.807, 2.05) is 36.4 Å². The Labute approximate surface area is 229 Å². The highest BCUT2D eigenvalue weighted by Crippen LogP contribution is 2.55. The summed E-state index contributed by atoms with van der Waals surface area (Å²) in [4.78, 5) is 13.3. The molecule has 0 amide bonds. The number of ether oxygens (including phenoxy) is 6. The van der Waals surface area contributed by atoms with Crippen molar-refractivity contribution in [3.63, 3.8) is 0 Å². The van der Waals surface area contributed by atoms with E-state index >= 15 is 0 Å². The summed E-state index contributed by atoms with van der Waals surface area (Å²) in [5.41, 5.74) is 4.06. The van der Waals surface area contributed by atoms with Crippen LogP contribution in [-0.2, 0) is 16.1 Å². The zero-order valence-electron chi connectivity index (χ0n) is 21.3. The molecule has 2 heterocycles. The molecule has 2 aliphatic heterocycles. The number of fused-ring (bicyclic) bond motifs is 3. The summed E-state index contributed by atoms with van der Waals surface area (Å²) < 4.78 is 35.1. The average molecular weight is 582 g/mol. The molecule has 0 unspecified atom stereocenters. The molecular weight excluding hydrogens is 554 g/mol. The minimum atomic E-state index is -0.409. The first kappa shape index (κ1) is 24.9. The van der Waals surface area contributed by atoms with E-state index in [1.54, 1.807) is 21.3 Å². The summed E-state index contributed by atoms with van der Waals surface area (Å²) in [5, 5.41) is 3.72. The largest absolute Gasteiger partial charge is 0.493 e. The Hall–Kier alpha value is -3.43. The highest BCUT2D eigenvalue weighted by atomic mass is 79.9. The van der Waals surface area contributed by atoms with Gasteiger partial charge in [0.05, 0.1) is 33.9 Å². The first-order chi connectivity index (χ1) is 18.5. The lowest BCUT2D eigenvalue weighted by Crippen LogP contribution is -2.40. The second-order valence-corrected chi connectivity index (χ2v) is 10.5. The van der Waals surface area contributed by atoms with Crippen molar-refractivity contribution in [2.75, 3.05) is 34.7 Å². The lowest BCUT2D eigenvalue weighted by molar-refractivity contribution is -0.141. The van der Waals surface area contributed by atoms with Crippen molar-refractivity contribution in [2.45, 2.75) is 18.5 Å². The van der Waals surface area contributed by atoms with Crippen molar-refractivity contribution < 1.29 is 33.2 Å². The standard InChI is InChI=1S/C29H28BrNO7/c1-33-23-8-16(9-24(34-2)28(23)35-3)25-18-10-21-22(38-14-37-21)11-19(18)27(20-13-36-29(32)26(20)25)31-12-15-4-6-17(30)7-5-15/h4-11,20,25-27,31H,12-14H2,1-3H3/t20-,25+,26-,27+/m0/s1. The topological polar surface area (TPSA) is 84.5 Å². The number of nitrogens with one attached hydrogen (secondary N) is 1. The van der Waals surface area contributed by atoms with Gasteiger partial charge in [0.1, 0.15) is 0 Å². The second kappa shape index (κ2) is 10.0. The number of cyclic esters (lactones) is 1. The van der Waals surface area contributed by atoms with Crippen LogP contribution in [0.25, 0.3) is 0 Å². The van der Waals surface area contributed by atoms with E-state index in [0.29, 0.717) is 41.9 Å². The Morgan fingerprint density at radius 2 is 1.55 bits per heavy atom. The molecule has 0 radical (unpaired) electrons. The number of hydrogen-bond donors (Lipinski definition) is 1. The first-order valence-corrected chi connectivity index (χ1v) is 13.2. The fourth-order valence-electron chi connectivity index (χ4n) is 5.94. The van der Waals surface area contributed by atoms with E-state index in [2.05, 4.69) is 33.4 Å². The van der Waals surface area contributed by atoms with Crippen LogP contribution < -0.4 is 29.0 Å². The molecule has 3 aromatic rings. The van der Waals surface area contributed by atoms with E-state index in [9.17, 15) is 4.79 Å². The van der Waals surface area contributed by atoms with Crippen molar-refractivity contribution in [2.24, 2.45) is 11.8 Å². The summed E-state index contributed by atoms with van der Waals surface area (Å²) in [5.74, 6) is 1.91. The second-order valence-electron chi connectivity index (χ2n) is 9.58. The van der Waals surface area contributed by atoms with Gasteiger partial charge in [0.2, 0.25) is 12.5 Å². The van der Waals surface area contributed by atoms with E-state index < -0.39 is 5.92 Å². The Morgan fingerprint density at radius 3 is 2.18 bits per heavy atom. The number of hydrogen-bond acceptors (Lipinski definition) is 8. The van der Waals surface area contributed by atoms with Gasteiger partial charge in [-0.1, -0.05) is 28.1 Å². The summed E-state index contributed by atoms with van der Waals surface area (Å²) in [7, 11) is 4.74. The molecule has 1 fully saturated rings. The van der Waals surface area contributed by atoms with Gasteiger partial charge in [0.15, 0.2) is 23.0 Å². The van der Waals surface area contributed by atoms with E-state index in [4.69, 9.17) is 28.4 Å². The minimum absolute atomic E-state index is 0.0880. The van der Waals surface area contributed by atoms with Gasteiger partial charge in [-0.25, -0.2) is 0 Å². The van der Waals surface area contributed by atoms with Gasteiger partial charge in [0.25, 0.3) is 0 Å². The molecule has 8 nitrogen and oxygen atoms in total. The zero-order valence-corrected chi connectivity index (χ0v) is 22.9. The SMILES string of the molecule is COc1cc([C@@H]2c3cc4c(cc3[C@@H](NCc3ccc(Br)cc3)[C@H]3COC(=O)[C@H]23)OCO4)cc(OC)c1OC. The van der Waals surface area contributed by atoms with Crippen LogP contribution in [0.3, 0.4) is 0 Å². The molecule has 198 valence electrons. The van der Waals surface area contributed by atoms with E-state index in [1.165, 1.54) is 0 Å². The summed E-state index contributed by atoms with van der Waals surface area (Å²) in [6.07, 6.45) is 0. The number of esters is 1. The number of carbonyl (C=O) groups is 1. The molecule has 0 spiro atoms. The highest BCUT2D eigenvalue weighted by Gasteiger charge is 2.52. The molecule has 0 aromatic heterocycles. The monoisotopic (exact) mass is 581 g/mol. The predicted molar refractivity (Wildman–Crippen MR) is 142 cm³/mol. The third-order valence-electron chi connectivity index (χ3n) is 7.67. The first-order valence-electron chi connectivity index (χ1n) is 12.4. The molecule has 1 aliphatic carbocycles. The van der Waals surface area contributed by atoms with Crippen LogP contribution in [0.2, 0.25) is 0 Å². The minimum Gasteiger partial charge on any atom is -0.493 e. The zero-order chi connectivity index (χ0) is 26.4. The molecular formula is C29H28BrNO7. The van der Waals surface area contributed by atoms with E-state index in [0.717, 1.165) is 26.7 Å². The molecule has 0 saturated carbocycles. The van der Waals surface area contributed by atoms with Crippen LogP contribution in [-0.4, -0.2) is 40.7 Å². The Balaban J connectivity index is 1.49. The van der Waals surface area contributed by atoms with Crippen molar-refractivity contribution in [3.8, 4) is 28.7 Å². The molecule has 38 heavy (non-hydrogen) atoms. The molecule has 1 saturated heterocycles. The predicted octanol–water partition coefficient (Wildman–Crippen LogP) is 4.97. The maximum Gasteiger partial charge on any atom is 0.310 e. The van der Waals surface area contributed by atoms with Gasteiger partial charge < -0.3 is 33.7 Å².